The van der Waals surface area contributed by atoms with Crippen LogP contribution in [0.15, 0.2) is 59.1 Å². The van der Waals surface area contributed by atoms with Crippen LogP contribution in [0.3, 0.4) is 0 Å². The monoisotopic (exact) mass is 308 g/mol. The predicted octanol–water partition coefficient (Wildman–Crippen LogP) is 5.01. The van der Waals surface area contributed by atoms with Crippen LogP contribution in [-0.4, -0.2) is 5.88 Å². The molecule has 0 nitrogen and oxygen atoms in total. The highest BCUT2D eigenvalue weighted by atomic mass is 79.9. The molecule has 1 atom stereocenters. The minimum Gasteiger partial charge on any atom is -0.126 e. The van der Waals surface area contributed by atoms with E-state index in [1.54, 1.807) is 0 Å². The number of hydrogen-bond donors (Lipinski definition) is 0. The summed E-state index contributed by atoms with van der Waals surface area (Å²) in [7, 11) is 0. The molecule has 0 aliphatic heterocycles. The lowest BCUT2D eigenvalue weighted by atomic mass is 9.94. The molecular weight excluding hydrogens is 296 g/mol. The molecule has 0 radical (unpaired) electrons. The molecule has 1 unspecified atom stereocenters. The lowest BCUT2D eigenvalue weighted by Crippen LogP contribution is -2.04. The van der Waals surface area contributed by atoms with Gasteiger partial charge in [-0.1, -0.05) is 58.4 Å². The Morgan fingerprint density at radius 1 is 0.941 bits per heavy atom. The summed E-state index contributed by atoms with van der Waals surface area (Å²) in [5.41, 5.74) is 2.63. The number of alkyl halides is 1. The topological polar surface area (TPSA) is 0 Å². The molecule has 2 heteroatoms. The van der Waals surface area contributed by atoms with Gasteiger partial charge in [0.1, 0.15) is 0 Å². The van der Waals surface area contributed by atoms with E-state index < -0.39 is 0 Å². The van der Waals surface area contributed by atoms with Gasteiger partial charge in [-0.05, 0) is 29.7 Å². The third-order valence-electron chi connectivity index (χ3n) is 2.85. The maximum absolute atomic E-state index is 6.08. The molecule has 0 aliphatic carbocycles. The molecule has 0 bridgehead atoms. The molecule has 0 aliphatic rings. The molecule has 0 heterocycles. The van der Waals surface area contributed by atoms with Gasteiger partial charge in [0.25, 0.3) is 0 Å². The Bertz CT molecular complexity index is 450. The van der Waals surface area contributed by atoms with Gasteiger partial charge in [0.15, 0.2) is 0 Å². The van der Waals surface area contributed by atoms with Gasteiger partial charge in [-0.25, -0.2) is 0 Å². The first-order valence-corrected chi connectivity index (χ1v) is 6.97. The van der Waals surface area contributed by atoms with E-state index in [2.05, 4.69) is 64.5 Å². The zero-order valence-corrected chi connectivity index (χ0v) is 11.8. The molecular formula is C15H14BrCl. The van der Waals surface area contributed by atoms with E-state index in [0.29, 0.717) is 11.8 Å². The van der Waals surface area contributed by atoms with E-state index in [9.17, 15) is 0 Å². The van der Waals surface area contributed by atoms with Crippen molar-refractivity contribution in [1.29, 1.82) is 0 Å². The lowest BCUT2D eigenvalue weighted by Gasteiger charge is -2.14. The molecule has 0 spiro atoms. The maximum Gasteiger partial charge on any atom is 0.0295 e. The van der Waals surface area contributed by atoms with Crippen molar-refractivity contribution in [1.82, 2.24) is 0 Å². The first-order chi connectivity index (χ1) is 8.29. The highest BCUT2D eigenvalue weighted by Crippen LogP contribution is 2.23. The van der Waals surface area contributed by atoms with E-state index in [0.717, 1.165) is 10.9 Å². The molecule has 0 fully saturated rings. The molecule has 0 aromatic heterocycles. The smallest absolute Gasteiger partial charge is 0.0295 e. The van der Waals surface area contributed by atoms with Gasteiger partial charge in [-0.3, -0.25) is 0 Å². The van der Waals surface area contributed by atoms with E-state index in [1.807, 2.05) is 6.07 Å². The molecule has 88 valence electrons. The van der Waals surface area contributed by atoms with Crippen molar-refractivity contribution in [3.05, 3.63) is 70.2 Å². The molecule has 2 aromatic carbocycles. The fourth-order valence-electron chi connectivity index (χ4n) is 1.90. The van der Waals surface area contributed by atoms with Crippen LogP contribution in [0, 0.1) is 0 Å². The van der Waals surface area contributed by atoms with Crippen LogP contribution < -0.4 is 0 Å². The van der Waals surface area contributed by atoms with Crippen LogP contribution in [0.2, 0.25) is 0 Å². The highest BCUT2D eigenvalue weighted by molar-refractivity contribution is 9.10. The minimum absolute atomic E-state index is 0.382. The zero-order chi connectivity index (χ0) is 12.1. The first-order valence-electron chi connectivity index (χ1n) is 5.65. The normalized spacial score (nSPS) is 12.4. The largest absolute Gasteiger partial charge is 0.126 e. The van der Waals surface area contributed by atoms with Gasteiger partial charge in [0.05, 0.1) is 0 Å². The lowest BCUT2D eigenvalue weighted by molar-refractivity contribution is 0.766. The summed E-state index contributed by atoms with van der Waals surface area (Å²) in [5.74, 6) is 1.03. The molecule has 0 N–H and O–H groups in total. The summed E-state index contributed by atoms with van der Waals surface area (Å²) in [4.78, 5) is 0. The van der Waals surface area contributed by atoms with Crippen LogP contribution in [0.25, 0.3) is 0 Å². The molecule has 0 amide bonds. The number of benzene rings is 2. The van der Waals surface area contributed by atoms with Crippen molar-refractivity contribution < 1.29 is 0 Å². The van der Waals surface area contributed by atoms with Crippen molar-refractivity contribution in [3.63, 3.8) is 0 Å². The minimum atomic E-state index is 0.382. The molecule has 2 aromatic rings. The second kappa shape index (κ2) is 6.23. The predicted molar refractivity (Wildman–Crippen MR) is 77.7 cm³/mol. The third kappa shape index (κ3) is 3.58. The first kappa shape index (κ1) is 12.7. The van der Waals surface area contributed by atoms with Gasteiger partial charge in [-0.2, -0.15) is 0 Å². The number of halogens is 2. The third-order valence-corrected chi connectivity index (χ3v) is 3.75. The highest BCUT2D eigenvalue weighted by Gasteiger charge is 2.10. The Morgan fingerprint density at radius 2 is 1.59 bits per heavy atom. The van der Waals surface area contributed by atoms with Gasteiger partial charge < -0.3 is 0 Å². The Kier molecular flexibility index (Phi) is 4.64. The molecule has 0 saturated heterocycles. The SMILES string of the molecule is ClCC(Cc1ccccc1)c1ccc(Br)cc1. The Labute approximate surface area is 116 Å². The molecule has 2 rings (SSSR count). The van der Waals surface area contributed by atoms with E-state index in [4.69, 9.17) is 11.6 Å². The number of hydrogen-bond acceptors (Lipinski definition) is 0. The summed E-state index contributed by atoms with van der Waals surface area (Å²) >= 11 is 9.53. The van der Waals surface area contributed by atoms with Crippen molar-refractivity contribution in [2.75, 3.05) is 5.88 Å². The molecule has 0 saturated carbocycles. The van der Waals surface area contributed by atoms with Gasteiger partial charge in [0, 0.05) is 16.3 Å². The summed E-state index contributed by atoms with van der Waals surface area (Å²) in [5, 5.41) is 0. The quantitative estimate of drug-likeness (QED) is 0.696. The summed E-state index contributed by atoms with van der Waals surface area (Å²) in [6.07, 6.45) is 0.992. The fraction of sp³-hybridized carbons (Fsp3) is 0.200. The van der Waals surface area contributed by atoms with Crippen LogP contribution in [0.1, 0.15) is 17.0 Å². The van der Waals surface area contributed by atoms with Crippen molar-refractivity contribution >= 4 is 27.5 Å². The fourth-order valence-corrected chi connectivity index (χ4v) is 2.45. The van der Waals surface area contributed by atoms with Crippen molar-refractivity contribution in [2.45, 2.75) is 12.3 Å². The maximum atomic E-state index is 6.08. The summed E-state index contributed by atoms with van der Waals surface area (Å²) in [6.45, 7) is 0. The van der Waals surface area contributed by atoms with Crippen molar-refractivity contribution in [3.8, 4) is 0 Å². The molecule has 17 heavy (non-hydrogen) atoms. The van der Waals surface area contributed by atoms with Crippen LogP contribution in [-0.2, 0) is 6.42 Å². The Hall–Kier alpha value is -0.790. The standard InChI is InChI=1S/C15H14BrCl/c16-15-8-6-13(7-9-15)14(11-17)10-12-4-2-1-3-5-12/h1-9,14H,10-11H2. The van der Waals surface area contributed by atoms with E-state index in [1.165, 1.54) is 11.1 Å². The van der Waals surface area contributed by atoms with Gasteiger partial charge in [0.2, 0.25) is 0 Å². The Balaban J connectivity index is 2.14. The Morgan fingerprint density at radius 3 is 2.18 bits per heavy atom. The second-order valence-corrected chi connectivity index (χ2v) is 5.32. The number of rotatable bonds is 4. The zero-order valence-electron chi connectivity index (χ0n) is 9.44. The summed E-state index contributed by atoms with van der Waals surface area (Å²) < 4.78 is 1.11. The second-order valence-electron chi connectivity index (χ2n) is 4.09. The van der Waals surface area contributed by atoms with Gasteiger partial charge >= 0.3 is 0 Å². The van der Waals surface area contributed by atoms with E-state index in [-0.39, 0.29) is 0 Å². The van der Waals surface area contributed by atoms with Crippen LogP contribution >= 0.6 is 27.5 Å². The average Bonchev–Trinajstić information content (AvgIpc) is 2.38. The van der Waals surface area contributed by atoms with Crippen LogP contribution in [0.5, 0.6) is 0 Å². The van der Waals surface area contributed by atoms with Crippen LogP contribution in [0.4, 0.5) is 0 Å². The van der Waals surface area contributed by atoms with Gasteiger partial charge in [-0.15, -0.1) is 11.6 Å². The average molecular weight is 310 g/mol. The van der Waals surface area contributed by atoms with E-state index >= 15 is 0 Å². The van der Waals surface area contributed by atoms with Crippen molar-refractivity contribution in [2.24, 2.45) is 0 Å². The summed E-state index contributed by atoms with van der Waals surface area (Å²) in [6, 6.07) is 18.9.